The minimum absolute atomic E-state index is 0.566. The van der Waals surface area contributed by atoms with Crippen molar-refractivity contribution in [3.05, 3.63) is 0 Å². The summed E-state index contributed by atoms with van der Waals surface area (Å²) in [5.74, 6) is 0.608. The summed E-state index contributed by atoms with van der Waals surface area (Å²) < 4.78 is 5.36. The molecule has 0 spiro atoms. The van der Waals surface area contributed by atoms with Crippen LogP contribution in [0.2, 0.25) is 0 Å². The second kappa shape index (κ2) is 7.56. The molecule has 2 nitrogen and oxygen atoms in total. The molecule has 0 aromatic heterocycles. The van der Waals surface area contributed by atoms with Crippen LogP contribution in [0.1, 0.15) is 34.1 Å². The second-order valence-electron chi connectivity index (χ2n) is 3.38. The third-order valence-electron chi connectivity index (χ3n) is 2.15. The van der Waals surface area contributed by atoms with Gasteiger partial charge in [-0.1, -0.05) is 13.8 Å². The Labute approximate surface area is 76.7 Å². The Bertz CT molecular complexity index is 83.8. The quantitative estimate of drug-likeness (QED) is 0.636. The van der Waals surface area contributed by atoms with E-state index in [4.69, 9.17) is 4.74 Å². The largest absolute Gasteiger partial charge is 0.381 e. The maximum Gasteiger partial charge on any atom is 0.0506 e. The SMILES string of the molecule is CCCNC(C)C(C)COCC. The topological polar surface area (TPSA) is 21.3 Å². The van der Waals surface area contributed by atoms with Crippen LogP contribution in [0.4, 0.5) is 0 Å². The van der Waals surface area contributed by atoms with Crippen LogP contribution < -0.4 is 5.32 Å². The lowest BCUT2D eigenvalue weighted by Gasteiger charge is -2.20. The van der Waals surface area contributed by atoms with Gasteiger partial charge >= 0.3 is 0 Å². The Kier molecular flexibility index (Phi) is 7.51. The molecule has 0 amide bonds. The van der Waals surface area contributed by atoms with Gasteiger partial charge in [0, 0.05) is 12.6 Å². The summed E-state index contributed by atoms with van der Waals surface area (Å²) in [6, 6.07) is 0.566. The van der Waals surface area contributed by atoms with E-state index < -0.39 is 0 Å². The average Bonchev–Trinajstić information content (AvgIpc) is 2.10. The Morgan fingerprint density at radius 3 is 2.42 bits per heavy atom. The van der Waals surface area contributed by atoms with Crippen molar-refractivity contribution in [3.8, 4) is 0 Å². The standard InChI is InChI=1S/C10H23NO/c1-5-7-11-10(4)9(3)8-12-6-2/h9-11H,5-8H2,1-4H3. The van der Waals surface area contributed by atoms with Gasteiger partial charge < -0.3 is 10.1 Å². The summed E-state index contributed by atoms with van der Waals surface area (Å²) in [5, 5.41) is 3.46. The predicted octanol–water partition coefficient (Wildman–Crippen LogP) is 2.05. The Morgan fingerprint density at radius 1 is 1.25 bits per heavy atom. The molecule has 0 aliphatic carbocycles. The van der Waals surface area contributed by atoms with Gasteiger partial charge in [-0.05, 0) is 32.7 Å². The zero-order chi connectivity index (χ0) is 9.40. The summed E-state index contributed by atoms with van der Waals surface area (Å²) in [7, 11) is 0. The van der Waals surface area contributed by atoms with E-state index >= 15 is 0 Å². The van der Waals surface area contributed by atoms with Crippen molar-refractivity contribution < 1.29 is 4.74 Å². The zero-order valence-electron chi connectivity index (χ0n) is 8.89. The van der Waals surface area contributed by atoms with Crippen molar-refractivity contribution in [1.29, 1.82) is 0 Å². The first-order valence-corrected chi connectivity index (χ1v) is 5.03. The lowest BCUT2D eigenvalue weighted by atomic mass is 10.1. The fraction of sp³-hybridized carbons (Fsp3) is 1.00. The van der Waals surface area contributed by atoms with Crippen LogP contribution in [0.5, 0.6) is 0 Å². The molecule has 0 rings (SSSR count). The minimum Gasteiger partial charge on any atom is -0.381 e. The molecule has 2 heteroatoms. The average molecular weight is 173 g/mol. The molecule has 2 unspecified atom stereocenters. The Hall–Kier alpha value is -0.0800. The number of nitrogens with one attached hydrogen (secondary N) is 1. The van der Waals surface area contributed by atoms with Crippen LogP contribution in [0.15, 0.2) is 0 Å². The van der Waals surface area contributed by atoms with E-state index in [1.54, 1.807) is 0 Å². The second-order valence-corrected chi connectivity index (χ2v) is 3.38. The van der Waals surface area contributed by atoms with Gasteiger partial charge in [0.1, 0.15) is 0 Å². The molecule has 12 heavy (non-hydrogen) atoms. The van der Waals surface area contributed by atoms with E-state index in [9.17, 15) is 0 Å². The lowest BCUT2D eigenvalue weighted by Crippen LogP contribution is -2.34. The first-order valence-electron chi connectivity index (χ1n) is 5.03. The van der Waals surface area contributed by atoms with Crippen molar-refractivity contribution in [2.45, 2.75) is 40.2 Å². The van der Waals surface area contributed by atoms with E-state index in [1.165, 1.54) is 6.42 Å². The van der Waals surface area contributed by atoms with Crippen LogP contribution in [-0.4, -0.2) is 25.8 Å². The zero-order valence-corrected chi connectivity index (χ0v) is 8.89. The minimum atomic E-state index is 0.566. The molecule has 0 aliphatic heterocycles. The molecule has 74 valence electrons. The van der Waals surface area contributed by atoms with Gasteiger partial charge in [0.2, 0.25) is 0 Å². The third kappa shape index (κ3) is 5.56. The molecular weight excluding hydrogens is 150 g/mol. The highest BCUT2D eigenvalue weighted by atomic mass is 16.5. The van der Waals surface area contributed by atoms with Crippen molar-refractivity contribution in [1.82, 2.24) is 5.32 Å². The van der Waals surface area contributed by atoms with Crippen molar-refractivity contribution in [2.24, 2.45) is 5.92 Å². The van der Waals surface area contributed by atoms with Crippen LogP contribution >= 0.6 is 0 Å². The highest BCUT2D eigenvalue weighted by molar-refractivity contribution is 4.67. The summed E-state index contributed by atoms with van der Waals surface area (Å²) in [4.78, 5) is 0. The van der Waals surface area contributed by atoms with Gasteiger partial charge in [-0.3, -0.25) is 0 Å². The van der Waals surface area contributed by atoms with Crippen LogP contribution in [-0.2, 0) is 4.74 Å². The maximum absolute atomic E-state index is 5.36. The van der Waals surface area contributed by atoms with E-state index in [0.29, 0.717) is 12.0 Å². The van der Waals surface area contributed by atoms with Crippen LogP contribution in [0.25, 0.3) is 0 Å². The number of ether oxygens (including phenoxy) is 1. The highest BCUT2D eigenvalue weighted by Gasteiger charge is 2.10. The summed E-state index contributed by atoms with van der Waals surface area (Å²) in [6.45, 7) is 11.5. The van der Waals surface area contributed by atoms with Crippen LogP contribution in [0.3, 0.4) is 0 Å². The first kappa shape index (κ1) is 11.9. The highest BCUT2D eigenvalue weighted by Crippen LogP contribution is 2.02. The smallest absolute Gasteiger partial charge is 0.0506 e. The van der Waals surface area contributed by atoms with Crippen molar-refractivity contribution in [2.75, 3.05) is 19.8 Å². The monoisotopic (exact) mass is 173 g/mol. The molecule has 0 saturated heterocycles. The van der Waals surface area contributed by atoms with Crippen molar-refractivity contribution in [3.63, 3.8) is 0 Å². The van der Waals surface area contributed by atoms with Crippen LogP contribution in [0, 0.1) is 5.92 Å². The van der Waals surface area contributed by atoms with E-state index in [1.807, 2.05) is 6.92 Å². The molecule has 0 saturated carbocycles. The van der Waals surface area contributed by atoms with E-state index in [-0.39, 0.29) is 0 Å². The molecule has 0 radical (unpaired) electrons. The fourth-order valence-electron chi connectivity index (χ4n) is 1.02. The van der Waals surface area contributed by atoms with Gasteiger partial charge in [0.05, 0.1) is 6.61 Å². The number of rotatable bonds is 7. The molecule has 1 N–H and O–H groups in total. The van der Waals surface area contributed by atoms with Gasteiger partial charge in [0.15, 0.2) is 0 Å². The first-order chi connectivity index (χ1) is 5.72. The molecule has 0 aromatic rings. The van der Waals surface area contributed by atoms with Gasteiger partial charge in [-0.2, -0.15) is 0 Å². The normalized spacial score (nSPS) is 16.0. The molecule has 0 fully saturated rings. The molecular formula is C10H23NO. The van der Waals surface area contributed by atoms with E-state index in [2.05, 4.69) is 26.1 Å². The summed E-state index contributed by atoms with van der Waals surface area (Å²) in [5.41, 5.74) is 0. The lowest BCUT2D eigenvalue weighted by molar-refractivity contribution is 0.104. The van der Waals surface area contributed by atoms with Gasteiger partial charge in [-0.15, -0.1) is 0 Å². The fourth-order valence-corrected chi connectivity index (χ4v) is 1.02. The number of hydrogen-bond donors (Lipinski definition) is 1. The molecule has 0 aliphatic rings. The third-order valence-corrected chi connectivity index (χ3v) is 2.15. The van der Waals surface area contributed by atoms with Crippen molar-refractivity contribution >= 4 is 0 Å². The summed E-state index contributed by atoms with van der Waals surface area (Å²) >= 11 is 0. The summed E-state index contributed by atoms with van der Waals surface area (Å²) in [6.07, 6.45) is 1.20. The van der Waals surface area contributed by atoms with Gasteiger partial charge in [-0.25, -0.2) is 0 Å². The van der Waals surface area contributed by atoms with Gasteiger partial charge in [0.25, 0.3) is 0 Å². The maximum atomic E-state index is 5.36. The molecule has 2 atom stereocenters. The van der Waals surface area contributed by atoms with E-state index in [0.717, 1.165) is 19.8 Å². The Morgan fingerprint density at radius 2 is 1.92 bits per heavy atom. The predicted molar refractivity (Wildman–Crippen MR) is 53.4 cm³/mol. The Balaban J connectivity index is 3.39. The number of hydrogen-bond acceptors (Lipinski definition) is 2. The molecule has 0 bridgehead atoms. The molecule has 0 aromatic carbocycles. The molecule has 0 heterocycles.